The summed E-state index contributed by atoms with van der Waals surface area (Å²) in [5, 5.41) is 8.86. The zero-order valence-electron chi connectivity index (χ0n) is 15.4. The Morgan fingerprint density at radius 3 is 2.65 bits per heavy atom. The van der Waals surface area contributed by atoms with Crippen molar-refractivity contribution in [3.63, 3.8) is 0 Å². The van der Waals surface area contributed by atoms with Gasteiger partial charge in [0.15, 0.2) is 0 Å². The summed E-state index contributed by atoms with van der Waals surface area (Å²) in [5.74, 6) is 2.17. The third kappa shape index (κ3) is 4.42. The standard InChI is InChI=1S/C21H26N2O3/c1-16(20-9-8-17(2)26-20)14-19-21(18-6-4-3-5-7-18)22-15-23(19)10-12-25-13-11-24/h3-9,15-16,24H,10-14H2,1-2H3/t16-/m1/s1. The number of aryl methyl sites for hydroxylation is 1. The molecule has 0 saturated carbocycles. The quantitative estimate of drug-likeness (QED) is 0.594. The Morgan fingerprint density at radius 1 is 1.15 bits per heavy atom. The molecular weight excluding hydrogens is 328 g/mol. The van der Waals surface area contributed by atoms with E-state index in [1.54, 1.807) is 0 Å². The van der Waals surface area contributed by atoms with Crippen LogP contribution in [0, 0.1) is 6.92 Å². The van der Waals surface area contributed by atoms with E-state index in [4.69, 9.17) is 14.3 Å². The number of hydrogen-bond acceptors (Lipinski definition) is 4. The second-order valence-corrected chi connectivity index (χ2v) is 6.49. The fraction of sp³-hybridized carbons (Fsp3) is 0.381. The van der Waals surface area contributed by atoms with Gasteiger partial charge >= 0.3 is 0 Å². The van der Waals surface area contributed by atoms with Crippen LogP contribution < -0.4 is 0 Å². The number of imidazole rings is 1. The van der Waals surface area contributed by atoms with E-state index in [1.807, 2.05) is 43.6 Å². The fourth-order valence-electron chi connectivity index (χ4n) is 3.09. The average Bonchev–Trinajstić information content (AvgIpc) is 3.26. The summed E-state index contributed by atoms with van der Waals surface area (Å²) in [5.41, 5.74) is 3.29. The normalized spacial score (nSPS) is 12.4. The Balaban J connectivity index is 1.84. The number of rotatable bonds is 9. The predicted molar refractivity (Wildman–Crippen MR) is 101 cm³/mol. The van der Waals surface area contributed by atoms with Crippen LogP contribution in [0.15, 0.2) is 53.2 Å². The molecule has 26 heavy (non-hydrogen) atoms. The van der Waals surface area contributed by atoms with Crippen LogP contribution in [0.2, 0.25) is 0 Å². The van der Waals surface area contributed by atoms with E-state index in [0.29, 0.717) is 19.8 Å². The average molecular weight is 354 g/mol. The minimum absolute atomic E-state index is 0.0426. The lowest BCUT2D eigenvalue weighted by Gasteiger charge is -2.14. The summed E-state index contributed by atoms with van der Waals surface area (Å²) in [6.07, 6.45) is 2.71. The Bertz CT molecular complexity index is 808. The molecule has 1 atom stereocenters. The number of aromatic nitrogens is 2. The maximum atomic E-state index is 8.86. The number of hydrogen-bond donors (Lipinski definition) is 1. The first kappa shape index (κ1) is 18.4. The van der Waals surface area contributed by atoms with Gasteiger partial charge in [-0.3, -0.25) is 0 Å². The van der Waals surface area contributed by atoms with E-state index in [1.165, 1.54) is 5.69 Å². The monoisotopic (exact) mass is 354 g/mol. The highest BCUT2D eigenvalue weighted by Gasteiger charge is 2.18. The van der Waals surface area contributed by atoms with E-state index >= 15 is 0 Å². The molecule has 0 saturated heterocycles. The van der Waals surface area contributed by atoms with Gasteiger partial charge in [-0.1, -0.05) is 37.3 Å². The molecule has 3 rings (SSSR count). The topological polar surface area (TPSA) is 60.4 Å². The van der Waals surface area contributed by atoms with Crippen LogP contribution in [-0.4, -0.2) is 34.5 Å². The van der Waals surface area contributed by atoms with Gasteiger partial charge < -0.3 is 18.8 Å². The van der Waals surface area contributed by atoms with Gasteiger partial charge in [-0.2, -0.15) is 0 Å². The van der Waals surface area contributed by atoms with Crippen molar-refractivity contribution in [1.82, 2.24) is 9.55 Å². The molecule has 5 heteroatoms. The first-order chi connectivity index (χ1) is 12.7. The highest BCUT2D eigenvalue weighted by atomic mass is 16.5. The molecule has 5 nitrogen and oxygen atoms in total. The van der Waals surface area contributed by atoms with Gasteiger partial charge in [0, 0.05) is 23.7 Å². The summed E-state index contributed by atoms with van der Waals surface area (Å²) < 4.78 is 13.4. The number of ether oxygens (including phenoxy) is 1. The van der Waals surface area contributed by atoms with Crippen LogP contribution >= 0.6 is 0 Å². The van der Waals surface area contributed by atoms with Gasteiger partial charge in [-0.15, -0.1) is 0 Å². The lowest BCUT2D eigenvalue weighted by Crippen LogP contribution is -2.12. The second kappa shape index (κ2) is 8.83. The van der Waals surface area contributed by atoms with Gasteiger partial charge in [-0.25, -0.2) is 4.98 Å². The van der Waals surface area contributed by atoms with Gasteiger partial charge in [0.1, 0.15) is 11.5 Å². The van der Waals surface area contributed by atoms with Crippen molar-refractivity contribution in [3.8, 4) is 11.3 Å². The molecular formula is C21H26N2O3. The summed E-state index contributed by atoms with van der Waals surface area (Å²) in [4.78, 5) is 4.66. The molecule has 0 aliphatic carbocycles. The van der Waals surface area contributed by atoms with Crippen molar-refractivity contribution >= 4 is 0 Å². The van der Waals surface area contributed by atoms with Crippen LogP contribution in [0.25, 0.3) is 11.3 Å². The molecule has 0 spiro atoms. The summed E-state index contributed by atoms with van der Waals surface area (Å²) in [6, 6.07) is 14.3. The molecule has 0 unspecified atom stereocenters. The van der Waals surface area contributed by atoms with Crippen molar-refractivity contribution < 1.29 is 14.3 Å². The maximum Gasteiger partial charge on any atom is 0.107 e. The molecule has 0 bridgehead atoms. The molecule has 1 aromatic carbocycles. The SMILES string of the molecule is Cc1ccc([C@H](C)Cc2c(-c3ccccc3)ncn2CCOCCO)o1. The van der Waals surface area contributed by atoms with Crippen molar-refractivity contribution in [2.24, 2.45) is 0 Å². The van der Waals surface area contributed by atoms with E-state index in [2.05, 4.69) is 28.6 Å². The van der Waals surface area contributed by atoms with Crippen molar-refractivity contribution in [1.29, 1.82) is 0 Å². The Morgan fingerprint density at radius 2 is 1.96 bits per heavy atom. The fourth-order valence-corrected chi connectivity index (χ4v) is 3.09. The summed E-state index contributed by atoms with van der Waals surface area (Å²) in [6.45, 7) is 5.80. The third-order valence-electron chi connectivity index (χ3n) is 4.45. The first-order valence-corrected chi connectivity index (χ1v) is 9.03. The van der Waals surface area contributed by atoms with Gasteiger partial charge in [0.05, 0.1) is 31.8 Å². The third-order valence-corrected chi connectivity index (χ3v) is 4.45. The van der Waals surface area contributed by atoms with Crippen molar-refractivity contribution in [2.45, 2.75) is 32.7 Å². The molecule has 1 N–H and O–H groups in total. The highest BCUT2D eigenvalue weighted by molar-refractivity contribution is 5.62. The number of furan rings is 1. The number of aliphatic hydroxyl groups is 1. The Kier molecular flexibility index (Phi) is 6.26. The molecule has 3 aromatic rings. The van der Waals surface area contributed by atoms with E-state index < -0.39 is 0 Å². The summed E-state index contributed by atoms with van der Waals surface area (Å²) >= 11 is 0. The van der Waals surface area contributed by atoms with E-state index in [0.717, 1.165) is 29.2 Å². The highest BCUT2D eigenvalue weighted by Crippen LogP contribution is 2.28. The molecule has 2 aromatic heterocycles. The van der Waals surface area contributed by atoms with Crippen LogP contribution in [-0.2, 0) is 17.7 Å². The lowest BCUT2D eigenvalue weighted by molar-refractivity contribution is 0.0866. The summed E-state index contributed by atoms with van der Waals surface area (Å²) in [7, 11) is 0. The smallest absolute Gasteiger partial charge is 0.107 e. The molecule has 0 fully saturated rings. The Hall–Kier alpha value is -2.37. The van der Waals surface area contributed by atoms with E-state index in [-0.39, 0.29) is 12.5 Å². The second-order valence-electron chi connectivity index (χ2n) is 6.49. The van der Waals surface area contributed by atoms with Gasteiger partial charge in [0.2, 0.25) is 0 Å². The van der Waals surface area contributed by atoms with Gasteiger partial charge in [0.25, 0.3) is 0 Å². The molecule has 0 amide bonds. The zero-order valence-corrected chi connectivity index (χ0v) is 15.4. The molecule has 0 radical (unpaired) electrons. The zero-order chi connectivity index (χ0) is 18.4. The van der Waals surface area contributed by atoms with Crippen LogP contribution in [0.4, 0.5) is 0 Å². The van der Waals surface area contributed by atoms with E-state index in [9.17, 15) is 0 Å². The first-order valence-electron chi connectivity index (χ1n) is 9.03. The van der Waals surface area contributed by atoms with Crippen LogP contribution in [0.1, 0.15) is 30.1 Å². The van der Waals surface area contributed by atoms with Crippen LogP contribution in [0.5, 0.6) is 0 Å². The van der Waals surface area contributed by atoms with Crippen molar-refractivity contribution in [3.05, 3.63) is 66.0 Å². The molecule has 0 aliphatic heterocycles. The minimum Gasteiger partial charge on any atom is -0.466 e. The predicted octanol–water partition coefficient (Wildman–Crippen LogP) is 3.81. The lowest BCUT2D eigenvalue weighted by atomic mass is 9.99. The number of nitrogens with zero attached hydrogens (tertiary/aromatic N) is 2. The molecule has 2 heterocycles. The maximum absolute atomic E-state index is 8.86. The number of benzene rings is 1. The number of aliphatic hydroxyl groups excluding tert-OH is 1. The van der Waals surface area contributed by atoms with Crippen LogP contribution in [0.3, 0.4) is 0 Å². The van der Waals surface area contributed by atoms with Crippen molar-refractivity contribution in [2.75, 3.05) is 19.8 Å². The minimum atomic E-state index is 0.0426. The molecule has 138 valence electrons. The molecule has 0 aliphatic rings. The Labute approximate surface area is 154 Å². The largest absolute Gasteiger partial charge is 0.466 e. The van der Waals surface area contributed by atoms with Gasteiger partial charge in [-0.05, 0) is 25.5 Å².